The second-order valence-corrected chi connectivity index (χ2v) is 6.81. The summed E-state index contributed by atoms with van der Waals surface area (Å²) in [5.41, 5.74) is 4.77. The van der Waals surface area contributed by atoms with Crippen LogP contribution in [0.3, 0.4) is 0 Å². The van der Waals surface area contributed by atoms with E-state index in [1.165, 1.54) is 0 Å². The molecule has 0 aliphatic heterocycles. The van der Waals surface area contributed by atoms with Crippen LogP contribution in [-0.4, -0.2) is 23.8 Å². The van der Waals surface area contributed by atoms with Crippen molar-refractivity contribution in [2.45, 2.75) is 0 Å². The molecule has 0 aliphatic carbocycles. The zero-order valence-corrected chi connectivity index (χ0v) is 16.4. The molecule has 0 aliphatic rings. The van der Waals surface area contributed by atoms with Crippen LogP contribution in [0.15, 0.2) is 84.1 Å². The molecule has 29 heavy (non-hydrogen) atoms. The lowest BCUT2D eigenvalue weighted by Crippen LogP contribution is -2.18. The Bertz CT molecular complexity index is 1200. The summed E-state index contributed by atoms with van der Waals surface area (Å²) in [6.45, 7) is 0. The van der Waals surface area contributed by atoms with Gasteiger partial charge in [0.25, 0.3) is 5.91 Å². The van der Waals surface area contributed by atoms with E-state index in [2.05, 4.69) is 10.5 Å². The highest BCUT2D eigenvalue weighted by molar-refractivity contribution is 6.30. The Hall–Kier alpha value is -3.57. The van der Waals surface area contributed by atoms with Crippen LogP contribution < -0.4 is 10.2 Å². The van der Waals surface area contributed by atoms with Crippen molar-refractivity contribution in [1.29, 1.82) is 0 Å². The molecule has 0 bridgehead atoms. The number of hydrogen-bond acceptors (Lipinski definition) is 3. The summed E-state index contributed by atoms with van der Waals surface area (Å²) < 4.78 is 7.33. The summed E-state index contributed by atoms with van der Waals surface area (Å²) in [5, 5.41) is 6.76. The number of benzene rings is 3. The second-order valence-electron chi connectivity index (χ2n) is 6.38. The Morgan fingerprint density at radius 3 is 2.48 bits per heavy atom. The molecule has 4 aromatic rings. The van der Waals surface area contributed by atoms with Gasteiger partial charge in [0.05, 0.1) is 24.6 Å². The fourth-order valence-electron chi connectivity index (χ4n) is 3.12. The first-order valence-corrected chi connectivity index (χ1v) is 9.37. The van der Waals surface area contributed by atoms with Crippen LogP contribution in [0.4, 0.5) is 0 Å². The topological polar surface area (TPSA) is 55.6 Å². The third-order valence-electron chi connectivity index (χ3n) is 4.56. The fourth-order valence-corrected chi connectivity index (χ4v) is 3.25. The number of fused-ring (bicyclic) bond motifs is 1. The van der Waals surface area contributed by atoms with Gasteiger partial charge in [0.1, 0.15) is 5.75 Å². The number of carbonyl (C=O) groups is 1. The van der Waals surface area contributed by atoms with E-state index in [9.17, 15) is 4.79 Å². The molecule has 1 aromatic heterocycles. The van der Waals surface area contributed by atoms with Gasteiger partial charge in [-0.05, 0) is 59.3 Å². The molecule has 0 saturated heterocycles. The van der Waals surface area contributed by atoms with Gasteiger partial charge in [0.2, 0.25) is 0 Å². The zero-order chi connectivity index (χ0) is 20.2. The van der Waals surface area contributed by atoms with Gasteiger partial charge in [0, 0.05) is 16.9 Å². The molecule has 0 spiro atoms. The summed E-state index contributed by atoms with van der Waals surface area (Å²) in [4.78, 5) is 12.7. The third-order valence-corrected chi connectivity index (χ3v) is 4.81. The molecule has 0 atom stereocenters. The van der Waals surface area contributed by atoms with Crippen molar-refractivity contribution in [3.05, 3.63) is 95.3 Å². The summed E-state index contributed by atoms with van der Waals surface area (Å²) in [7, 11) is 1.54. The molecule has 4 rings (SSSR count). The highest BCUT2D eigenvalue weighted by Crippen LogP contribution is 2.25. The lowest BCUT2D eigenvalue weighted by molar-refractivity contribution is 0.0952. The predicted octanol–water partition coefficient (Wildman–Crippen LogP) is 5.06. The standard InChI is InChI=1S/C23H18ClN3O2/c1-29-22-14-17-6-3-2-5-16(17)13-21(22)23(28)26-25-15-20-7-4-12-27(20)19-10-8-18(24)9-11-19/h2-15H,1H3,(H,26,28). The molecule has 6 heteroatoms. The van der Waals surface area contributed by atoms with Gasteiger partial charge in [-0.25, -0.2) is 5.43 Å². The number of hydrazone groups is 1. The maximum atomic E-state index is 12.7. The van der Waals surface area contributed by atoms with Crippen LogP contribution >= 0.6 is 11.6 Å². The number of nitrogens with zero attached hydrogens (tertiary/aromatic N) is 2. The minimum absolute atomic E-state index is 0.339. The van der Waals surface area contributed by atoms with Gasteiger partial charge >= 0.3 is 0 Å². The number of carbonyl (C=O) groups excluding carboxylic acids is 1. The molecular weight excluding hydrogens is 386 g/mol. The van der Waals surface area contributed by atoms with E-state index in [-0.39, 0.29) is 5.91 Å². The lowest BCUT2D eigenvalue weighted by atomic mass is 10.1. The van der Waals surface area contributed by atoms with Crippen LogP contribution in [0.1, 0.15) is 16.1 Å². The highest BCUT2D eigenvalue weighted by atomic mass is 35.5. The Balaban J connectivity index is 1.55. The fraction of sp³-hybridized carbons (Fsp3) is 0.0435. The van der Waals surface area contributed by atoms with Crippen molar-refractivity contribution >= 4 is 34.5 Å². The van der Waals surface area contributed by atoms with Crippen molar-refractivity contribution in [1.82, 2.24) is 9.99 Å². The second kappa shape index (κ2) is 8.20. The number of hydrogen-bond donors (Lipinski definition) is 1. The van der Waals surface area contributed by atoms with E-state index in [1.807, 2.05) is 77.5 Å². The molecule has 3 aromatic carbocycles. The predicted molar refractivity (Wildman–Crippen MR) is 116 cm³/mol. The molecule has 0 fully saturated rings. The first kappa shape index (κ1) is 18.8. The Labute approximate surface area is 173 Å². The van der Waals surface area contributed by atoms with E-state index in [0.29, 0.717) is 16.3 Å². The maximum Gasteiger partial charge on any atom is 0.275 e. The zero-order valence-electron chi connectivity index (χ0n) is 15.7. The molecule has 0 unspecified atom stereocenters. The van der Waals surface area contributed by atoms with Crippen molar-refractivity contribution < 1.29 is 9.53 Å². The Morgan fingerprint density at radius 2 is 1.76 bits per heavy atom. The average molecular weight is 404 g/mol. The van der Waals surface area contributed by atoms with E-state index < -0.39 is 0 Å². The molecule has 1 amide bonds. The molecule has 1 heterocycles. The first-order valence-electron chi connectivity index (χ1n) is 8.99. The average Bonchev–Trinajstić information content (AvgIpc) is 3.21. The number of methoxy groups -OCH3 is 1. The Morgan fingerprint density at radius 1 is 1.03 bits per heavy atom. The summed E-state index contributed by atoms with van der Waals surface area (Å²) >= 11 is 5.96. The number of rotatable bonds is 5. The third kappa shape index (κ3) is 4.00. The van der Waals surface area contributed by atoms with Crippen molar-refractivity contribution in [3.8, 4) is 11.4 Å². The summed E-state index contributed by atoms with van der Waals surface area (Å²) in [6, 6.07) is 22.7. The van der Waals surface area contributed by atoms with Crippen LogP contribution in [0, 0.1) is 0 Å². The van der Waals surface area contributed by atoms with Gasteiger partial charge < -0.3 is 9.30 Å². The van der Waals surface area contributed by atoms with Gasteiger partial charge in [-0.3, -0.25) is 4.79 Å². The SMILES string of the molecule is COc1cc2ccccc2cc1C(=O)NN=Cc1cccn1-c1ccc(Cl)cc1. The largest absolute Gasteiger partial charge is 0.496 e. The van der Waals surface area contributed by atoms with Crippen molar-refractivity contribution in [3.63, 3.8) is 0 Å². The van der Waals surface area contributed by atoms with Gasteiger partial charge in [-0.1, -0.05) is 35.9 Å². The van der Waals surface area contributed by atoms with Crippen LogP contribution in [0.2, 0.25) is 5.02 Å². The Kier molecular flexibility index (Phi) is 5.31. The summed E-state index contributed by atoms with van der Waals surface area (Å²) in [5.74, 6) is 0.161. The molecule has 0 radical (unpaired) electrons. The number of nitrogens with one attached hydrogen (secondary N) is 1. The normalized spacial score (nSPS) is 11.1. The van der Waals surface area contributed by atoms with E-state index in [4.69, 9.17) is 16.3 Å². The smallest absolute Gasteiger partial charge is 0.275 e. The van der Waals surface area contributed by atoms with Gasteiger partial charge in [-0.15, -0.1) is 0 Å². The monoisotopic (exact) mass is 403 g/mol. The van der Waals surface area contributed by atoms with Gasteiger partial charge in [0.15, 0.2) is 0 Å². The lowest BCUT2D eigenvalue weighted by Gasteiger charge is -2.09. The first-order chi connectivity index (χ1) is 14.2. The number of halogens is 1. The van der Waals surface area contributed by atoms with Crippen LogP contribution in [0.5, 0.6) is 5.75 Å². The number of aromatic nitrogens is 1. The molecular formula is C23H18ClN3O2. The molecule has 5 nitrogen and oxygen atoms in total. The molecule has 0 saturated carbocycles. The number of amides is 1. The molecule has 1 N–H and O–H groups in total. The van der Waals surface area contributed by atoms with Crippen LogP contribution in [0.25, 0.3) is 16.5 Å². The van der Waals surface area contributed by atoms with Crippen molar-refractivity contribution in [2.75, 3.05) is 7.11 Å². The minimum Gasteiger partial charge on any atom is -0.496 e. The summed E-state index contributed by atoms with van der Waals surface area (Å²) in [6.07, 6.45) is 3.51. The minimum atomic E-state index is -0.339. The van der Waals surface area contributed by atoms with Gasteiger partial charge in [-0.2, -0.15) is 5.10 Å². The van der Waals surface area contributed by atoms with Crippen molar-refractivity contribution in [2.24, 2.45) is 5.10 Å². The van der Waals surface area contributed by atoms with E-state index in [0.717, 1.165) is 22.2 Å². The quantitative estimate of drug-likeness (QED) is 0.374. The maximum absolute atomic E-state index is 12.7. The van der Waals surface area contributed by atoms with E-state index in [1.54, 1.807) is 19.4 Å². The highest BCUT2D eigenvalue weighted by Gasteiger charge is 2.13. The van der Waals surface area contributed by atoms with E-state index >= 15 is 0 Å². The van der Waals surface area contributed by atoms with Crippen LogP contribution in [-0.2, 0) is 0 Å². The number of ether oxygens (including phenoxy) is 1. The molecule has 144 valence electrons.